The molecule has 2 amide bonds. The zero-order chi connectivity index (χ0) is 19.6. The van der Waals surface area contributed by atoms with Crippen LogP contribution in [0, 0.1) is 12.8 Å². The number of nitrogens with zero attached hydrogens (tertiary/aromatic N) is 2. The van der Waals surface area contributed by atoms with E-state index >= 15 is 0 Å². The van der Waals surface area contributed by atoms with Crippen LogP contribution in [0.25, 0.3) is 0 Å². The quantitative estimate of drug-likeness (QED) is 0.781. The van der Waals surface area contributed by atoms with E-state index < -0.39 is 0 Å². The monoisotopic (exact) mass is 384 g/mol. The van der Waals surface area contributed by atoms with Crippen LogP contribution in [0.15, 0.2) is 35.7 Å². The van der Waals surface area contributed by atoms with Crippen molar-refractivity contribution in [3.63, 3.8) is 0 Å². The zero-order valence-corrected chi connectivity index (χ0v) is 17.4. The summed E-state index contributed by atoms with van der Waals surface area (Å²) in [5, 5.41) is 2.12. The first kappa shape index (κ1) is 19.6. The molecule has 0 radical (unpaired) electrons. The normalized spacial score (nSPS) is 16.3. The van der Waals surface area contributed by atoms with E-state index in [-0.39, 0.29) is 30.3 Å². The number of hydrogen-bond donors (Lipinski definition) is 0. The van der Waals surface area contributed by atoms with Gasteiger partial charge in [0.05, 0.1) is 12.6 Å². The number of carbonyl (C=O) groups is 2. The van der Waals surface area contributed by atoms with E-state index in [1.807, 2.05) is 37.8 Å². The Bertz CT molecular complexity index is 827. The van der Waals surface area contributed by atoms with Crippen LogP contribution in [0.1, 0.15) is 48.4 Å². The predicted octanol–water partition coefficient (Wildman–Crippen LogP) is 4.04. The van der Waals surface area contributed by atoms with Gasteiger partial charge < -0.3 is 9.80 Å². The molecule has 0 aliphatic carbocycles. The molecule has 2 aromatic rings. The Morgan fingerprint density at radius 1 is 1.22 bits per heavy atom. The zero-order valence-electron chi connectivity index (χ0n) is 16.6. The molecule has 1 aliphatic rings. The van der Waals surface area contributed by atoms with Gasteiger partial charge in [-0.15, -0.1) is 11.3 Å². The van der Waals surface area contributed by atoms with Crippen LogP contribution in [0.5, 0.6) is 0 Å². The molecule has 0 saturated carbocycles. The van der Waals surface area contributed by atoms with Gasteiger partial charge in [-0.1, -0.05) is 38.1 Å². The minimum Gasteiger partial charge on any atom is -0.333 e. The van der Waals surface area contributed by atoms with Gasteiger partial charge in [0.1, 0.15) is 0 Å². The molecule has 0 fully saturated rings. The Morgan fingerprint density at radius 2 is 1.96 bits per heavy atom. The van der Waals surface area contributed by atoms with Crippen LogP contribution in [-0.4, -0.2) is 41.2 Å². The number of amides is 2. The van der Waals surface area contributed by atoms with Crippen molar-refractivity contribution in [3.05, 3.63) is 57.3 Å². The second-order valence-electron chi connectivity index (χ2n) is 7.40. The Kier molecular flexibility index (Phi) is 6.00. The Hall–Kier alpha value is -2.14. The van der Waals surface area contributed by atoms with Crippen LogP contribution >= 0.6 is 11.3 Å². The highest BCUT2D eigenvalue weighted by Gasteiger charge is 2.34. The van der Waals surface area contributed by atoms with Gasteiger partial charge in [-0.25, -0.2) is 0 Å². The highest BCUT2D eigenvalue weighted by atomic mass is 32.1. The summed E-state index contributed by atoms with van der Waals surface area (Å²) in [7, 11) is 0. The number of likely N-dealkylation sites (N-methyl/N-ethyl adjacent to an activating group) is 1. The van der Waals surface area contributed by atoms with Crippen molar-refractivity contribution in [2.24, 2.45) is 5.92 Å². The average molecular weight is 385 g/mol. The average Bonchev–Trinajstić information content (AvgIpc) is 3.14. The van der Waals surface area contributed by atoms with E-state index in [2.05, 4.69) is 30.5 Å². The first-order chi connectivity index (χ1) is 12.9. The Morgan fingerprint density at radius 3 is 2.63 bits per heavy atom. The molecule has 3 rings (SSSR count). The molecule has 1 aliphatic heterocycles. The van der Waals surface area contributed by atoms with Crippen molar-refractivity contribution in [2.75, 3.05) is 19.6 Å². The summed E-state index contributed by atoms with van der Waals surface area (Å²) >= 11 is 1.77. The molecule has 0 spiro atoms. The van der Waals surface area contributed by atoms with E-state index in [4.69, 9.17) is 0 Å². The molecule has 5 heteroatoms. The summed E-state index contributed by atoms with van der Waals surface area (Å²) in [5.41, 5.74) is 3.58. The minimum absolute atomic E-state index is 0.0240. The largest absolute Gasteiger partial charge is 0.333 e. The summed E-state index contributed by atoms with van der Waals surface area (Å²) in [5.74, 6) is -0.0442. The van der Waals surface area contributed by atoms with Crippen LogP contribution in [0.4, 0.5) is 0 Å². The lowest BCUT2D eigenvalue weighted by Gasteiger charge is -2.38. The fourth-order valence-corrected chi connectivity index (χ4v) is 4.68. The summed E-state index contributed by atoms with van der Waals surface area (Å²) in [6, 6.07) is 10.4. The fourth-order valence-electron chi connectivity index (χ4n) is 3.78. The summed E-state index contributed by atoms with van der Waals surface area (Å²) in [4.78, 5) is 30.7. The van der Waals surface area contributed by atoms with Gasteiger partial charge in [-0.3, -0.25) is 9.59 Å². The van der Waals surface area contributed by atoms with Crippen molar-refractivity contribution < 1.29 is 9.59 Å². The van der Waals surface area contributed by atoms with E-state index in [9.17, 15) is 9.59 Å². The maximum atomic E-state index is 13.3. The van der Waals surface area contributed by atoms with Crippen molar-refractivity contribution in [1.82, 2.24) is 9.80 Å². The number of carbonyl (C=O) groups excluding carboxylic acids is 2. The first-order valence-corrected chi connectivity index (χ1v) is 10.5. The molecule has 0 bridgehead atoms. The number of fused-ring (bicyclic) bond motifs is 1. The topological polar surface area (TPSA) is 40.6 Å². The predicted molar refractivity (Wildman–Crippen MR) is 110 cm³/mol. The van der Waals surface area contributed by atoms with Gasteiger partial charge in [0, 0.05) is 23.9 Å². The molecule has 1 aromatic heterocycles. The molecule has 1 unspecified atom stereocenters. The van der Waals surface area contributed by atoms with Gasteiger partial charge >= 0.3 is 0 Å². The summed E-state index contributed by atoms with van der Waals surface area (Å²) in [6.07, 6.45) is 0.880. The molecule has 1 aromatic carbocycles. The second kappa shape index (κ2) is 8.26. The molecule has 144 valence electrons. The van der Waals surface area contributed by atoms with Crippen molar-refractivity contribution in [1.29, 1.82) is 0 Å². The van der Waals surface area contributed by atoms with E-state index in [0.29, 0.717) is 13.1 Å². The summed E-state index contributed by atoms with van der Waals surface area (Å²) in [6.45, 7) is 9.18. The molecular weight excluding hydrogens is 356 g/mol. The molecule has 4 nitrogen and oxygen atoms in total. The van der Waals surface area contributed by atoms with Gasteiger partial charge in [-0.2, -0.15) is 0 Å². The third kappa shape index (κ3) is 3.93. The van der Waals surface area contributed by atoms with Crippen LogP contribution in [-0.2, 0) is 16.0 Å². The van der Waals surface area contributed by atoms with Crippen LogP contribution in [0.3, 0.4) is 0 Å². The van der Waals surface area contributed by atoms with Gasteiger partial charge in [0.15, 0.2) is 0 Å². The molecular formula is C22H28N2O2S. The maximum Gasteiger partial charge on any atom is 0.242 e. The number of thiophene rings is 1. The molecule has 0 N–H and O–H groups in total. The smallest absolute Gasteiger partial charge is 0.242 e. The van der Waals surface area contributed by atoms with Crippen LogP contribution < -0.4 is 0 Å². The van der Waals surface area contributed by atoms with Gasteiger partial charge in [0.2, 0.25) is 11.8 Å². The van der Waals surface area contributed by atoms with E-state index in [1.165, 1.54) is 21.6 Å². The van der Waals surface area contributed by atoms with Crippen molar-refractivity contribution in [2.45, 2.75) is 40.2 Å². The number of benzene rings is 1. The van der Waals surface area contributed by atoms with E-state index in [0.717, 1.165) is 6.42 Å². The Labute approximate surface area is 165 Å². The minimum atomic E-state index is -0.102. The maximum absolute atomic E-state index is 13.3. The lowest BCUT2D eigenvalue weighted by molar-refractivity contribution is -0.143. The SMILES string of the molecule is CCN(CC(=O)N1CCc2sccc2C1c1ccccc1C)C(=O)C(C)C. The van der Waals surface area contributed by atoms with Gasteiger partial charge in [0.25, 0.3) is 0 Å². The molecule has 2 heterocycles. The number of rotatable bonds is 5. The third-order valence-corrected chi connectivity index (χ3v) is 6.28. The highest BCUT2D eigenvalue weighted by Crippen LogP contribution is 2.38. The fraction of sp³-hybridized carbons (Fsp3) is 0.455. The lowest BCUT2D eigenvalue weighted by Crippen LogP contribution is -2.47. The number of hydrogen-bond acceptors (Lipinski definition) is 3. The standard InChI is InChI=1S/C22H28N2O2S/c1-5-23(22(26)15(2)3)14-20(25)24-12-10-19-18(11-13-27-19)21(24)17-9-7-6-8-16(17)4/h6-9,11,13,15,21H,5,10,12,14H2,1-4H3. The molecule has 27 heavy (non-hydrogen) atoms. The van der Waals surface area contributed by atoms with Gasteiger partial charge in [-0.05, 0) is 48.4 Å². The summed E-state index contributed by atoms with van der Waals surface area (Å²) < 4.78 is 0. The molecule has 0 saturated heterocycles. The molecule has 1 atom stereocenters. The van der Waals surface area contributed by atoms with Crippen molar-refractivity contribution >= 4 is 23.2 Å². The van der Waals surface area contributed by atoms with E-state index in [1.54, 1.807) is 16.2 Å². The van der Waals surface area contributed by atoms with Crippen LogP contribution in [0.2, 0.25) is 0 Å². The first-order valence-electron chi connectivity index (χ1n) is 9.64. The second-order valence-corrected chi connectivity index (χ2v) is 8.40. The lowest BCUT2D eigenvalue weighted by atomic mass is 9.90. The van der Waals surface area contributed by atoms with Crippen molar-refractivity contribution in [3.8, 4) is 0 Å². The number of aryl methyl sites for hydroxylation is 1. The Balaban J connectivity index is 1.92. The highest BCUT2D eigenvalue weighted by molar-refractivity contribution is 7.10. The third-order valence-electron chi connectivity index (χ3n) is 5.28.